The Morgan fingerprint density at radius 2 is 1.92 bits per heavy atom. The Morgan fingerprint density at radius 1 is 1.12 bits per heavy atom. The van der Waals surface area contributed by atoms with E-state index in [1.165, 1.54) is 16.8 Å². The lowest BCUT2D eigenvalue weighted by molar-refractivity contribution is 0.275. The van der Waals surface area contributed by atoms with Crippen LogP contribution in [0.2, 0.25) is 0 Å². The van der Waals surface area contributed by atoms with Crippen molar-refractivity contribution in [2.75, 3.05) is 26.7 Å². The third kappa shape index (κ3) is 3.51. The highest BCUT2D eigenvalue weighted by atomic mass is 16.5. The fourth-order valence-electron chi connectivity index (χ4n) is 3.67. The molecule has 134 valence electrons. The summed E-state index contributed by atoms with van der Waals surface area (Å²) in [6, 6.07) is 18.9. The molecular formula is C22H25N3O. The number of methoxy groups -OCH3 is 1. The number of ether oxygens (including phenoxy) is 1. The molecule has 4 rings (SSSR count). The quantitative estimate of drug-likeness (QED) is 0.898. The summed E-state index contributed by atoms with van der Waals surface area (Å²) in [5, 5.41) is 3.45. The second-order valence-corrected chi connectivity index (χ2v) is 6.75. The molecule has 0 radical (unpaired) electrons. The highest BCUT2D eigenvalue weighted by Gasteiger charge is 2.27. The first-order valence-electron chi connectivity index (χ1n) is 9.26. The molecule has 4 heteroatoms. The van der Waals surface area contributed by atoms with Gasteiger partial charge in [-0.25, -0.2) is 0 Å². The molecule has 2 aliphatic rings. The van der Waals surface area contributed by atoms with Crippen molar-refractivity contribution in [1.29, 1.82) is 0 Å². The van der Waals surface area contributed by atoms with Crippen molar-refractivity contribution in [1.82, 2.24) is 10.2 Å². The summed E-state index contributed by atoms with van der Waals surface area (Å²) in [6.45, 7) is 2.82. The number of para-hydroxylation sites is 1. The summed E-state index contributed by atoms with van der Waals surface area (Å²) in [6.07, 6.45) is 4.26. The Hall–Kier alpha value is -2.59. The predicted molar refractivity (Wildman–Crippen MR) is 106 cm³/mol. The second-order valence-electron chi connectivity index (χ2n) is 6.75. The van der Waals surface area contributed by atoms with Crippen molar-refractivity contribution < 1.29 is 4.74 Å². The second kappa shape index (κ2) is 7.75. The third-order valence-corrected chi connectivity index (χ3v) is 5.06. The maximum absolute atomic E-state index is 5.62. The van der Waals surface area contributed by atoms with E-state index in [0.717, 1.165) is 43.8 Å². The zero-order valence-corrected chi connectivity index (χ0v) is 15.2. The van der Waals surface area contributed by atoms with E-state index in [0.29, 0.717) is 0 Å². The van der Waals surface area contributed by atoms with Gasteiger partial charge in [0.1, 0.15) is 5.75 Å². The summed E-state index contributed by atoms with van der Waals surface area (Å²) < 4.78 is 5.62. The van der Waals surface area contributed by atoms with Crippen molar-refractivity contribution >= 4 is 5.71 Å². The molecule has 0 bridgehead atoms. The van der Waals surface area contributed by atoms with Gasteiger partial charge in [0.2, 0.25) is 0 Å². The molecule has 26 heavy (non-hydrogen) atoms. The van der Waals surface area contributed by atoms with E-state index in [9.17, 15) is 0 Å². The molecule has 1 saturated heterocycles. The molecule has 4 nitrogen and oxygen atoms in total. The number of aliphatic imine (C=N–C) groups is 1. The van der Waals surface area contributed by atoms with Gasteiger partial charge in [-0.1, -0.05) is 48.5 Å². The van der Waals surface area contributed by atoms with Crippen LogP contribution in [0.5, 0.6) is 5.75 Å². The van der Waals surface area contributed by atoms with Crippen LogP contribution in [-0.2, 0) is 6.42 Å². The van der Waals surface area contributed by atoms with Crippen molar-refractivity contribution in [3.05, 3.63) is 77.5 Å². The van der Waals surface area contributed by atoms with E-state index in [-0.39, 0.29) is 6.17 Å². The van der Waals surface area contributed by atoms with Gasteiger partial charge in [0, 0.05) is 49.1 Å². The molecule has 2 heterocycles. The van der Waals surface area contributed by atoms with Crippen LogP contribution in [-0.4, -0.2) is 37.4 Å². The highest BCUT2D eigenvalue weighted by molar-refractivity contribution is 6.02. The van der Waals surface area contributed by atoms with Crippen LogP contribution in [0.3, 0.4) is 0 Å². The average molecular weight is 347 g/mol. The first-order valence-corrected chi connectivity index (χ1v) is 9.26. The predicted octanol–water partition coefficient (Wildman–Crippen LogP) is 3.57. The number of hydrogen-bond donors (Lipinski definition) is 1. The fourth-order valence-corrected chi connectivity index (χ4v) is 3.67. The summed E-state index contributed by atoms with van der Waals surface area (Å²) >= 11 is 0. The first kappa shape index (κ1) is 16.9. The van der Waals surface area contributed by atoms with Gasteiger partial charge in [0.25, 0.3) is 0 Å². The SMILES string of the molecule is COc1ccccc1C1N=C2CCNCC2=CN1CCc1ccccc1. The zero-order chi connectivity index (χ0) is 17.8. The van der Waals surface area contributed by atoms with Gasteiger partial charge >= 0.3 is 0 Å². The number of benzene rings is 2. The largest absolute Gasteiger partial charge is 0.496 e. The molecule has 0 amide bonds. The lowest BCUT2D eigenvalue weighted by Gasteiger charge is -2.36. The Bertz CT molecular complexity index is 813. The summed E-state index contributed by atoms with van der Waals surface area (Å²) in [5.74, 6) is 0.900. The van der Waals surface area contributed by atoms with Crippen LogP contribution in [0.1, 0.15) is 23.7 Å². The lowest BCUT2D eigenvalue weighted by Crippen LogP contribution is -2.37. The Kier molecular flexibility index (Phi) is 5.02. The van der Waals surface area contributed by atoms with Crippen LogP contribution in [0.15, 0.2) is 71.4 Å². The van der Waals surface area contributed by atoms with Crippen LogP contribution in [0, 0.1) is 0 Å². The maximum Gasteiger partial charge on any atom is 0.150 e. The van der Waals surface area contributed by atoms with Gasteiger partial charge in [0.05, 0.1) is 7.11 Å². The van der Waals surface area contributed by atoms with Crippen LogP contribution >= 0.6 is 0 Å². The molecule has 2 aromatic carbocycles. The number of rotatable bonds is 5. The molecule has 2 aliphatic heterocycles. The minimum Gasteiger partial charge on any atom is -0.496 e. The lowest BCUT2D eigenvalue weighted by atomic mass is 10.00. The highest BCUT2D eigenvalue weighted by Crippen LogP contribution is 2.34. The van der Waals surface area contributed by atoms with Gasteiger partial charge in [-0.15, -0.1) is 0 Å². The molecule has 2 aromatic rings. The summed E-state index contributed by atoms with van der Waals surface area (Å²) in [5.41, 5.74) is 5.02. The van der Waals surface area contributed by atoms with Gasteiger partial charge in [-0.05, 0) is 18.1 Å². The van der Waals surface area contributed by atoms with Gasteiger partial charge < -0.3 is 15.0 Å². The molecule has 0 spiro atoms. The van der Waals surface area contributed by atoms with E-state index in [4.69, 9.17) is 9.73 Å². The van der Waals surface area contributed by atoms with Crippen molar-refractivity contribution in [2.45, 2.75) is 19.0 Å². The number of nitrogens with zero attached hydrogens (tertiary/aromatic N) is 2. The average Bonchev–Trinajstić information content (AvgIpc) is 2.72. The Balaban J connectivity index is 1.64. The fraction of sp³-hybridized carbons (Fsp3) is 0.318. The van der Waals surface area contributed by atoms with E-state index >= 15 is 0 Å². The van der Waals surface area contributed by atoms with Crippen molar-refractivity contribution in [3.63, 3.8) is 0 Å². The Morgan fingerprint density at radius 3 is 2.77 bits per heavy atom. The normalized spacial score (nSPS) is 19.4. The molecule has 0 saturated carbocycles. The third-order valence-electron chi connectivity index (χ3n) is 5.06. The van der Waals surface area contributed by atoms with Gasteiger partial charge in [-0.3, -0.25) is 4.99 Å². The topological polar surface area (TPSA) is 36.9 Å². The zero-order valence-electron chi connectivity index (χ0n) is 15.2. The molecule has 1 atom stereocenters. The summed E-state index contributed by atoms with van der Waals surface area (Å²) in [4.78, 5) is 7.49. The minimum atomic E-state index is -0.0216. The van der Waals surface area contributed by atoms with Gasteiger partial charge in [0.15, 0.2) is 6.17 Å². The molecule has 1 N–H and O–H groups in total. The van der Waals surface area contributed by atoms with Crippen molar-refractivity contribution in [2.24, 2.45) is 4.99 Å². The smallest absolute Gasteiger partial charge is 0.150 e. The molecular weight excluding hydrogens is 322 g/mol. The monoisotopic (exact) mass is 347 g/mol. The van der Waals surface area contributed by atoms with Gasteiger partial charge in [-0.2, -0.15) is 0 Å². The van der Waals surface area contributed by atoms with E-state index < -0.39 is 0 Å². The van der Waals surface area contributed by atoms with E-state index in [2.05, 4.69) is 58.9 Å². The molecule has 1 fully saturated rings. The van der Waals surface area contributed by atoms with E-state index in [1.54, 1.807) is 7.11 Å². The molecule has 0 aromatic heterocycles. The first-order chi connectivity index (χ1) is 12.8. The number of hydrogen-bond acceptors (Lipinski definition) is 4. The minimum absolute atomic E-state index is 0.0216. The van der Waals surface area contributed by atoms with E-state index in [1.807, 2.05) is 12.1 Å². The molecule has 1 unspecified atom stereocenters. The van der Waals surface area contributed by atoms with Crippen LogP contribution in [0.25, 0.3) is 0 Å². The van der Waals surface area contributed by atoms with Crippen LogP contribution in [0.4, 0.5) is 0 Å². The maximum atomic E-state index is 5.62. The number of piperidine rings is 1. The van der Waals surface area contributed by atoms with Crippen molar-refractivity contribution in [3.8, 4) is 5.75 Å². The number of fused-ring (bicyclic) bond motifs is 1. The van der Waals surface area contributed by atoms with Crippen LogP contribution < -0.4 is 10.1 Å². The Labute approximate surface area is 155 Å². The summed E-state index contributed by atoms with van der Waals surface area (Å²) in [7, 11) is 1.73. The number of nitrogens with one attached hydrogen (secondary N) is 1. The molecule has 0 aliphatic carbocycles. The standard InChI is InChI=1S/C22H25N3O/c1-26-21-10-6-5-9-19(21)22-24-20-11-13-23-15-18(20)16-25(22)14-12-17-7-3-2-4-8-17/h2-10,16,22-23H,11-15H2,1H3.